The van der Waals surface area contributed by atoms with E-state index in [9.17, 15) is 17.6 Å². The number of hydrogen-bond acceptors (Lipinski definition) is 4. The third kappa shape index (κ3) is 4.45. The lowest BCUT2D eigenvalue weighted by Gasteiger charge is -2.32. The third-order valence-electron chi connectivity index (χ3n) is 4.48. The van der Waals surface area contributed by atoms with E-state index in [-0.39, 0.29) is 22.5 Å². The number of benzene rings is 2. The van der Waals surface area contributed by atoms with Gasteiger partial charge in [0.2, 0.25) is 0 Å². The van der Waals surface area contributed by atoms with Crippen LogP contribution in [-0.2, 0) is 10.0 Å². The van der Waals surface area contributed by atoms with Gasteiger partial charge in [0.25, 0.3) is 15.9 Å². The van der Waals surface area contributed by atoms with Gasteiger partial charge in [0, 0.05) is 36.9 Å². The summed E-state index contributed by atoms with van der Waals surface area (Å²) in [6.45, 7) is 5.52. The number of carbonyl (C=O) groups is 1. The molecule has 0 aliphatic carbocycles. The lowest BCUT2D eigenvalue weighted by molar-refractivity contribution is 0.0709. The first-order chi connectivity index (χ1) is 12.8. The Morgan fingerprint density at radius 1 is 1.22 bits per heavy atom. The van der Waals surface area contributed by atoms with Crippen molar-refractivity contribution < 1.29 is 17.6 Å². The van der Waals surface area contributed by atoms with Crippen LogP contribution in [-0.4, -0.2) is 44.9 Å². The molecule has 144 valence electrons. The normalized spacial score (nSPS) is 17.6. The molecule has 2 aromatic carbocycles. The number of carbonyl (C=O) groups excluding carboxylic acids is 1. The van der Waals surface area contributed by atoms with Crippen LogP contribution in [0.3, 0.4) is 0 Å². The number of rotatable bonds is 4. The molecule has 1 aliphatic heterocycles. The standard InChI is InChI=1S/C19H22FN3O3S/c1-13-3-4-15(19(24)23-10-9-21-14(2)12-23)11-18(13)27(25,26)22-17-7-5-16(20)6-8-17/h3-8,11,14,21-22H,9-10,12H2,1-2H3. The summed E-state index contributed by atoms with van der Waals surface area (Å²) >= 11 is 0. The Labute approximate surface area is 158 Å². The van der Waals surface area contributed by atoms with Crippen LogP contribution in [0.25, 0.3) is 0 Å². The van der Waals surface area contributed by atoms with Gasteiger partial charge in [-0.25, -0.2) is 12.8 Å². The van der Waals surface area contributed by atoms with Crippen molar-refractivity contribution in [2.75, 3.05) is 24.4 Å². The average molecular weight is 391 g/mol. The Hall–Kier alpha value is -2.45. The highest BCUT2D eigenvalue weighted by atomic mass is 32.2. The quantitative estimate of drug-likeness (QED) is 0.839. The van der Waals surface area contributed by atoms with E-state index in [0.717, 1.165) is 0 Å². The molecule has 3 rings (SSSR count). The molecule has 0 saturated carbocycles. The molecule has 0 spiro atoms. The van der Waals surface area contributed by atoms with Crippen molar-refractivity contribution in [3.63, 3.8) is 0 Å². The van der Waals surface area contributed by atoms with Gasteiger partial charge in [0.05, 0.1) is 4.90 Å². The molecule has 0 aromatic heterocycles. The van der Waals surface area contributed by atoms with E-state index in [1.54, 1.807) is 24.0 Å². The van der Waals surface area contributed by atoms with Gasteiger partial charge in [-0.3, -0.25) is 9.52 Å². The summed E-state index contributed by atoms with van der Waals surface area (Å²) in [5.74, 6) is -0.645. The lowest BCUT2D eigenvalue weighted by atomic mass is 10.1. The minimum Gasteiger partial charge on any atom is -0.336 e. The summed E-state index contributed by atoms with van der Waals surface area (Å²) < 4.78 is 41.0. The van der Waals surface area contributed by atoms with Crippen molar-refractivity contribution in [2.45, 2.75) is 24.8 Å². The maximum absolute atomic E-state index is 13.0. The highest BCUT2D eigenvalue weighted by Crippen LogP contribution is 2.22. The SMILES string of the molecule is Cc1ccc(C(=O)N2CCNC(C)C2)cc1S(=O)(=O)Nc1ccc(F)cc1. The van der Waals surface area contributed by atoms with Gasteiger partial charge in [0.15, 0.2) is 0 Å². The number of nitrogens with one attached hydrogen (secondary N) is 2. The molecule has 2 aromatic rings. The summed E-state index contributed by atoms with van der Waals surface area (Å²) in [4.78, 5) is 14.5. The number of nitrogens with zero attached hydrogens (tertiary/aromatic N) is 1. The van der Waals surface area contributed by atoms with E-state index in [0.29, 0.717) is 30.8 Å². The molecule has 8 heteroatoms. The largest absolute Gasteiger partial charge is 0.336 e. The predicted molar refractivity (Wildman–Crippen MR) is 102 cm³/mol. The smallest absolute Gasteiger partial charge is 0.262 e. The first-order valence-corrected chi connectivity index (χ1v) is 10.2. The van der Waals surface area contributed by atoms with Gasteiger partial charge >= 0.3 is 0 Å². The molecule has 1 fully saturated rings. The first-order valence-electron chi connectivity index (χ1n) is 8.68. The van der Waals surface area contributed by atoms with Gasteiger partial charge in [-0.2, -0.15) is 0 Å². The average Bonchev–Trinajstić information content (AvgIpc) is 2.63. The molecule has 6 nitrogen and oxygen atoms in total. The monoisotopic (exact) mass is 391 g/mol. The number of amides is 1. The summed E-state index contributed by atoms with van der Waals surface area (Å²) in [5, 5.41) is 3.27. The fourth-order valence-corrected chi connectivity index (χ4v) is 4.38. The van der Waals surface area contributed by atoms with Crippen molar-refractivity contribution in [1.82, 2.24) is 10.2 Å². The second-order valence-corrected chi connectivity index (χ2v) is 8.35. The predicted octanol–water partition coefficient (Wildman–Crippen LogP) is 2.37. The van der Waals surface area contributed by atoms with Crippen molar-refractivity contribution in [3.05, 3.63) is 59.4 Å². The zero-order valence-corrected chi connectivity index (χ0v) is 16.0. The van der Waals surface area contributed by atoms with Crippen LogP contribution in [0.1, 0.15) is 22.8 Å². The molecule has 27 heavy (non-hydrogen) atoms. The van der Waals surface area contributed by atoms with Gasteiger partial charge in [0.1, 0.15) is 5.82 Å². The van der Waals surface area contributed by atoms with E-state index in [1.807, 2.05) is 6.92 Å². The Balaban J connectivity index is 1.88. The van der Waals surface area contributed by atoms with Crippen LogP contribution in [0, 0.1) is 12.7 Å². The Morgan fingerprint density at radius 2 is 1.93 bits per heavy atom. The number of sulfonamides is 1. The summed E-state index contributed by atoms with van der Waals surface area (Å²) in [6.07, 6.45) is 0. The van der Waals surface area contributed by atoms with Crippen LogP contribution in [0.15, 0.2) is 47.4 Å². The number of aryl methyl sites for hydroxylation is 1. The summed E-state index contributed by atoms with van der Waals surface area (Å²) in [6, 6.07) is 9.90. The molecule has 1 amide bonds. The van der Waals surface area contributed by atoms with E-state index >= 15 is 0 Å². The van der Waals surface area contributed by atoms with Crippen molar-refractivity contribution >= 4 is 21.6 Å². The summed E-state index contributed by atoms with van der Waals surface area (Å²) in [7, 11) is -3.91. The Kier molecular flexibility index (Phi) is 5.48. The van der Waals surface area contributed by atoms with Crippen molar-refractivity contribution in [3.8, 4) is 0 Å². The molecule has 0 radical (unpaired) electrons. The highest BCUT2D eigenvalue weighted by Gasteiger charge is 2.24. The second-order valence-electron chi connectivity index (χ2n) is 6.70. The third-order valence-corrected chi connectivity index (χ3v) is 6.00. The Morgan fingerprint density at radius 3 is 2.59 bits per heavy atom. The van der Waals surface area contributed by atoms with Crippen LogP contribution in [0.5, 0.6) is 0 Å². The zero-order chi connectivity index (χ0) is 19.6. The Bertz CT molecular complexity index is 945. The molecule has 1 unspecified atom stereocenters. The van der Waals surface area contributed by atoms with Gasteiger partial charge < -0.3 is 10.2 Å². The van der Waals surface area contributed by atoms with Crippen molar-refractivity contribution in [1.29, 1.82) is 0 Å². The van der Waals surface area contributed by atoms with E-state index in [4.69, 9.17) is 0 Å². The number of halogens is 1. The fourth-order valence-electron chi connectivity index (χ4n) is 3.05. The fraction of sp³-hybridized carbons (Fsp3) is 0.316. The number of hydrogen-bond donors (Lipinski definition) is 2. The van der Waals surface area contributed by atoms with E-state index in [2.05, 4.69) is 10.0 Å². The van der Waals surface area contributed by atoms with Gasteiger partial charge in [-0.1, -0.05) is 6.07 Å². The van der Waals surface area contributed by atoms with Crippen molar-refractivity contribution in [2.24, 2.45) is 0 Å². The molecule has 1 heterocycles. The van der Waals surface area contributed by atoms with Gasteiger partial charge in [-0.15, -0.1) is 0 Å². The molecule has 1 saturated heterocycles. The van der Waals surface area contributed by atoms with Crippen LogP contribution in [0.4, 0.5) is 10.1 Å². The number of anilines is 1. The first kappa shape index (κ1) is 19.3. The molecule has 0 bridgehead atoms. The zero-order valence-electron chi connectivity index (χ0n) is 15.2. The van der Waals surface area contributed by atoms with Crippen LogP contribution >= 0.6 is 0 Å². The minimum absolute atomic E-state index is 0.0286. The van der Waals surface area contributed by atoms with E-state index in [1.165, 1.54) is 30.3 Å². The molecule has 1 aliphatic rings. The van der Waals surface area contributed by atoms with E-state index < -0.39 is 15.8 Å². The van der Waals surface area contributed by atoms with Crippen LogP contribution in [0.2, 0.25) is 0 Å². The van der Waals surface area contributed by atoms with Gasteiger partial charge in [-0.05, 0) is 55.8 Å². The maximum atomic E-state index is 13.0. The molecular weight excluding hydrogens is 369 g/mol. The summed E-state index contributed by atoms with van der Waals surface area (Å²) in [5.41, 5.74) is 1.10. The maximum Gasteiger partial charge on any atom is 0.262 e. The second kappa shape index (κ2) is 7.66. The highest BCUT2D eigenvalue weighted by molar-refractivity contribution is 7.92. The minimum atomic E-state index is -3.91. The molecular formula is C19H22FN3O3S. The molecule has 2 N–H and O–H groups in total. The molecule has 1 atom stereocenters. The van der Waals surface area contributed by atoms with Crippen LogP contribution < -0.4 is 10.0 Å². The number of piperazine rings is 1. The lowest BCUT2D eigenvalue weighted by Crippen LogP contribution is -2.51. The topological polar surface area (TPSA) is 78.5 Å².